The number of Topliss-reactive ketones (excluding diaryl/α,β-unsaturated/α-hetero) is 1. The summed E-state index contributed by atoms with van der Waals surface area (Å²) in [5.41, 5.74) is 2.24. The van der Waals surface area contributed by atoms with E-state index >= 15 is 0 Å². The molecule has 0 radical (unpaired) electrons. The number of rotatable bonds is 6. The number of ketones is 1. The van der Waals surface area contributed by atoms with Gasteiger partial charge in [0.2, 0.25) is 5.78 Å². The van der Waals surface area contributed by atoms with E-state index in [2.05, 4.69) is 15.9 Å². The van der Waals surface area contributed by atoms with Crippen molar-refractivity contribution >= 4 is 27.8 Å². The van der Waals surface area contributed by atoms with E-state index in [0.29, 0.717) is 23.5 Å². The molecule has 0 aliphatic rings. The average molecular weight is 418 g/mol. The number of nitrogens with zero attached hydrogens (tertiary/aromatic N) is 1. The molecule has 0 unspecified atom stereocenters. The second-order valence-corrected chi connectivity index (χ2v) is 6.74. The molecule has 0 saturated carbocycles. The molecule has 0 N–H and O–H groups in total. The maximum atomic E-state index is 12.6. The molecule has 3 aromatic carbocycles. The Labute approximate surface area is 166 Å². The van der Waals surface area contributed by atoms with Crippen LogP contribution in [-0.4, -0.2) is 5.78 Å². The predicted octanol–water partition coefficient (Wildman–Crippen LogP) is 5.82. The first-order valence-corrected chi connectivity index (χ1v) is 9.14. The first-order valence-electron chi connectivity index (χ1n) is 8.35. The van der Waals surface area contributed by atoms with Gasteiger partial charge in [-0.05, 0) is 29.8 Å². The number of carbonyl (C=O) groups excluding carboxylic acids is 1. The lowest BCUT2D eigenvalue weighted by Gasteiger charge is -2.10. The molecule has 0 saturated heterocycles. The Hall–Kier alpha value is -3.16. The lowest BCUT2D eigenvalue weighted by atomic mass is 10.0. The molecule has 0 aromatic heterocycles. The van der Waals surface area contributed by atoms with Crippen LogP contribution in [0.1, 0.15) is 21.5 Å². The van der Waals surface area contributed by atoms with Crippen LogP contribution >= 0.6 is 15.9 Å². The first-order chi connectivity index (χ1) is 13.2. The van der Waals surface area contributed by atoms with E-state index < -0.39 is 0 Å². The SMILES string of the molecule is N#C/C(=C\c1cc(Br)ccc1OCc1ccccc1)C(=O)c1ccccc1. The molecule has 132 valence electrons. The third kappa shape index (κ3) is 4.93. The molecular formula is C23H16BrNO2. The van der Waals surface area contributed by atoms with Gasteiger partial charge in [-0.3, -0.25) is 4.79 Å². The predicted molar refractivity (Wildman–Crippen MR) is 109 cm³/mol. The normalized spacial score (nSPS) is 10.9. The Morgan fingerprint density at radius 2 is 1.67 bits per heavy atom. The maximum absolute atomic E-state index is 12.6. The molecule has 0 aliphatic heterocycles. The fourth-order valence-corrected chi connectivity index (χ4v) is 2.93. The summed E-state index contributed by atoms with van der Waals surface area (Å²) in [6.45, 7) is 0.401. The van der Waals surface area contributed by atoms with Crippen molar-refractivity contribution in [3.63, 3.8) is 0 Å². The smallest absolute Gasteiger partial charge is 0.203 e. The molecule has 0 heterocycles. The van der Waals surface area contributed by atoms with E-state index in [4.69, 9.17) is 4.74 Å². The van der Waals surface area contributed by atoms with E-state index in [0.717, 1.165) is 10.0 Å². The van der Waals surface area contributed by atoms with Gasteiger partial charge in [0.1, 0.15) is 24.0 Å². The molecule has 0 aliphatic carbocycles. The van der Waals surface area contributed by atoms with Gasteiger partial charge >= 0.3 is 0 Å². The van der Waals surface area contributed by atoms with Crippen LogP contribution < -0.4 is 4.74 Å². The fraction of sp³-hybridized carbons (Fsp3) is 0.0435. The minimum absolute atomic E-state index is 0.0591. The molecule has 4 heteroatoms. The van der Waals surface area contributed by atoms with Gasteiger partial charge in [-0.1, -0.05) is 76.6 Å². The molecule has 0 atom stereocenters. The Bertz CT molecular complexity index is 1010. The molecule has 0 bridgehead atoms. The van der Waals surface area contributed by atoms with Crippen molar-refractivity contribution in [2.24, 2.45) is 0 Å². The zero-order valence-corrected chi connectivity index (χ0v) is 16.0. The summed E-state index contributed by atoms with van der Waals surface area (Å²) in [6.07, 6.45) is 1.57. The number of halogens is 1. The monoisotopic (exact) mass is 417 g/mol. The van der Waals surface area contributed by atoms with E-state index in [1.807, 2.05) is 60.7 Å². The van der Waals surface area contributed by atoms with Crippen LogP contribution in [0.15, 0.2) is 88.9 Å². The van der Waals surface area contributed by atoms with Crippen molar-refractivity contribution in [1.29, 1.82) is 5.26 Å². The highest BCUT2D eigenvalue weighted by Crippen LogP contribution is 2.27. The van der Waals surface area contributed by atoms with Crippen LogP contribution in [-0.2, 0) is 6.61 Å². The summed E-state index contributed by atoms with van der Waals surface area (Å²) in [7, 11) is 0. The van der Waals surface area contributed by atoms with Crippen molar-refractivity contribution in [3.05, 3.63) is 106 Å². The Morgan fingerprint density at radius 1 is 1.00 bits per heavy atom. The number of benzene rings is 3. The Morgan fingerprint density at radius 3 is 2.33 bits per heavy atom. The molecular weight excluding hydrogens is 402 g/mol. The Balaban J connectivity index is 1.90. The number of nitriles is 1. The van der Waals surface area contributed by atoms with Gasteiger partial charge in [-0.15, -0.1) is 0 Å². The highest BCUT2D eigenvalue weighted by molar-refractivity contribution is 9.10. The van der Waals surface area contributed by atoms with Crippen LogP contribution in [0.5, 0.6) is 5.75 Å². The molecule has 0 amide bonds. The van der Waals surface area contributed by atoms with Crippen LogP contribution in [0.2, 0.25) is 0 Å². The van der Waals surface area contributed by atoms with Crippen molar-refractivity contribution in [2.45, 2.75) is 6.61 Å². The number of hydrogen-bond donors (Lipinski definition) is 0. The van der Waals surface area contributed by atoms with Gasteiger partial charge in [-0.25, -0.2) is 0 Å². The van der Waals surface area contributed by atoms with Crippen molar-refractivity contribution < 1.29 is 9.53 Å². The molecule has 3 rings (SSSR count). The standard InChI is InChI=1S/C23H16BrNO2/c24-21-11-12-22(27-16-17-7-3-1-4-8-17)19(14-21)13-20(15-25)23(26)18-9-5-2-6-10-18/h1-14H,16H2/b20-13+. The Kier molecular flexibility index (Phi) is 6.19. The van der Waals surface area contributed by atoms with Crippen LogP contribution in [0.3, 0.4) is 0 Å². The summed E-state index contributed by atoms with van der Waals surface area (Å²) in [4.78, 5) is 12.6. The molecule has 3 aromatic rings. The van der Waals surface area contributed by atoms with Crippen molar-refractivity contribution in [2.75, 3.05) is 0 Å². The van der Waals surface area contributed by atoms with Crippen molar-refractivity contribution in [3.8, 4) is 11.8 Å². The topological polar surface area (TPSA) is 50.1 Å². The zero-order valence-electron chi connectivity index (χ0n) is 14.4. The number of allylic oxidation sites excluding steroid dienone is 1. The molecule has 3 nitrogen and oxygen atoms in total. The quantitative estimate of drug-likeness (QED) is 0.288. The zero-order chi connectivity index (χ0) is 19.1. The third-order valence-corrected chi connectivity index (χ3v) is 4.40. The van der Waals surface area contributed by atoms with Crippen LogP contribution in [0.25, 0.3) is 6.08 Å². The van der Waals surface area contributed by atoms with Crippen LogP contribution in [0, 0.1) is 11.3 Å². The number of carbonyl (C=O) groups is 1. The highest BCUT2D eigenvalue weighted by Gasteiger charge is 2.13. The fourth-order valence-electron chi connectivity index (χ4n) is 2.55. The van der Waals surface area contributed by atoms with Gasteiger partial charge in [0.15, 0.2) is 0 Å². The largest absolute Gasteiger partial charge is 0.488 e. The maximum Gasteiger partial charge on any atom is 0.203 e. The number of hydrogen-bond acceptors (Lipinski definition) is 3. The van der Waals surface area contributed by atoms with Gasteiger partial charge in [0.05, 0.1) is 0 Å². The minimum atomic E-state index is -0.313. The average Bonchev–Trinajstić information content (AvgIpc) is 2.72. The van der Waals surface area contributed by atoms with E-state index in [9.17, 15) is 10.1 Å². The summed E-state index contributed by atoms with van der Waals surface area (Å²) in [5.74, 6) is 0.294. The minimum Gasteiger partial charge on any atom is -0.488 e. The summed E-state index contributed by atoms with van der Waals surface area (Å²) in [5, 5.41) is 9.50. The van der Waals surface area contributed by atoms with Crippen LogP contribution in [0.4, 0.5) is 0 Å². The van der Waals surface area contributed by atoms with Gasteiger partial charge in [0, 0.05) is 15.6 Å². The second kappa shape index (κ2) is 8.98. The van der Waals surface area contributed by atoms with Gasteiger partial charge in [0.25, 0.3) is 0 Å². The summed E-state index contributed by atoms with van der Waals surface area (Å²) in [6, 6.07) is 26.1. The molecule has 27 heavy (non-hydrogen) atoms. The number of ether oxygens (including phenoxy) is 1. The second-order valence-electron chi connectivity index (χ2n) is 5.82. The van der Waals surface area contributed by atoms with E-state index in [1.54, 1.807) is 30.3 Å². The highest BCUT2D eigenvalue weighted by atomic mass is 79.9. The van der Waals surface area contributed by atoms with Crippen molar-refractivity contribution in [1.82, 2.24) is 0 Å². The van der Waals surface area contributed by atoms with Gasteiger partial charge < -0.3 is 4.74 Å². The van der Waals surface area contributed by atoms with Gasteiger partial charge in [-0.2, -0.15) is 5.26 Å². The lowest BCUT2D eigenvalue weighted by Crippen LogP contribution is -2.02. The summed E-state index contributed by atoms with van der Waals surface area (Å²) >= 11 is 3.43. The first kappa shape index (κ1) is 18.6. The molecule has 0 spiro atoms. The third-order valence-electron chi connectivity index (χ3n) is 3.91. The van der Waals surface area contributed by atoms with E-state index in [1.165, 1.54) is 0 Å². The summed E-state index contributed by atoms with van der Waals surface area (Å²) < 4.78 is 6.76. The lowest BCUT2D eigenvalue weighted by molar-refractivity contribution is 0.104. The van der Waals surface area contributed by atoms with E-state index in [-0.39, 0.29) is 11.4 Å². The molecule has 0 fully saturated rings.